The number of pyridine rings is 1. The first-order valence-electron chi connectivity index (χ1n) is 5.05. The van der Waals surface area contributed by atoms with Gasteiger partial charge >= 0.3 is 11.7 Å². The summed E-state index contributed by atoms with van der Waals surface area (Å²) in [6, 6.07) is 1.01. The lowest BCUT2D eigenvalue weighted by atomic mass is 10.3. The maximum absolute atomic E-state index is 11.7. The molecular formula is C10H14N4O3. The summed E-state index contributed by atoms with van der Waals surface area (Å²) < 4.78 is 0. The summed E-state index contributed by atoms with van der Waals surface area (Å²) in [7, 11) is 1.62. The molecule has 1 aromatic rings. The van der Waals surface area contributed by atoms with Gasteiger partial charge in [0.25, 0.3) is 0 Å². The number of carbonyl (C=O) groups is 1. The van der Waals surface area contributed by atoms with E-state index in [1.807, 2.05) is 13.8 Å². The summed E-state index contributed by atoms with van der Waals surface area (Å²) in [5, 5.41) is 13.2. The second-order valence-corrected chi connectivity index (χ2v) is 3.78. The molecule has 1 heterocycles. The number of rotatable bonds is 3. The van der Waals surface area contributed by atoms with Crippen molar-refractivity contribution in [1.82, 2.24) is 9.88 Å². The normalized spacial score (nSPS) is 10.1. The van der Waals surface area contributed by atoms with E-state index in [2.05, 4.69) is 10.3 Å². The van der Waals surface area contributed by atoms with E-state index in [4.69, 9.17) is 0 Å². The summed E-state index contributed by atoms with van der Waals surface area (Å²) in [5.41, 5.74) is -0.0829. The van der Waals surface area contributed by atoms with Gasteiger partial charge in [-0.3, -0.25) is 15.1 Å². The Morgan fingerprint density at radius 1 is 1.59 bits per heavy atom. The topological polar surface area (TPSA) is 88.4 Å². The average molecular weight is 238 g/mol. The summed E-state index contributed by atoms with van der Waals surface area (Å²) in [5.74, 6) is 0. The van der Waals surface area contributed by atoms with Crippen LogP contribution in [0.1, 0.15) is 13.8 Å². The van der Waals surface area contributed by atoms with Crippen molar-refractivity contribution >= 4 is 17.4 Å². The first-order chi connectivity index (χ1) is 7.93. The molecule has 7 nitrogen and oxygen atoms in total. The number of nitrogens with one attached hydrogen (secondary N) is 1. The smallest absolute Gasteiger partial charge is 0.322 e. The summed E-state index contributed by atoms with van der Waals surface area (Å²) in [6.07, 6.45) is 2.49. The quantitative estimate of drug-likeness (QED) is 0.643. The van der Waals surface area contributed by atoms with Crippen molar-refractivity contribution in [3.05, 3.63) is 28.6 Å². The van der Waals surface area contributed by atoms with Gasteiger partial charge in [0.15, 0.2) is 0 Å². The molecule has 7 heteroatoms. The van der Waals surface area contributed by atoms with Gasteiger partial charge in [-0.1, -0.05) is 0 Å². The number of hydrogen-bond acceptors (Lipinski definition) is 4. The molecule has 17 heavy (non-hydrogen) atoms. The van der Waals surface area contributed by atoms with Gasteiger partial charge in [-0.05, 0) is 19.9 Å². The molecular weight excluding hydrogens is 224 g/mol. The Bertz CT molecular complexity index is 433. The van der Waals surface area contributed by atoms with E-state index in [1.54, 1.807) is 7.05 Å². The van der Waals surface area contributed by atoms with Gasteiger partial charge < -0.3 is 10.2 Å². The third-order valence-corrected chi connectivity index (χ3v) is 2.33. The number of nitrogens with zero attached hydrogens (tertiary/aromatic N) is 3. The largest absolute Gasteiger partial charge is 0.325 e. The van der Waals surface area contributed by atoms with Crippen LogP contribution < -0.4 is 5.32 Å². The third kappa shape index (κ3) is 3.13. The fourth-order valence-corrected chi connectivity index (χ4v) is 1.08. The van der Waals surface area contributed by atoms with Crippen molar-refractivity contribution in [3.63, 3.8) is 0 Å². The van der Waals surface area contributed by atoms with Crippen LogP contribution >= 0.6 is 0 Å². The maximum Gasteiger partial charge on any atom is 0.322 e. The molecule has 1 rings (SSSR count). The molecule has 92 valence electrons. The van der Waals surface area contributed by atoms with E-state index in [1.165, 1.54) is 17.2 Å². The molecule has 0 aromatic carbocycles. The van der Waals surface area contributed by atoms with Crippen molar-refractivity contribution < 1.29 is 9.72 Å². The van der Waals surface area contributed by atoms with Crippen molar-refractivity contribution in [2.24, 2.45) is 0 Å². The van der Waals surface area contributed by atoms with Crippen LogP contribution in [0.25, 0.3) is 0 Å². The number of amides is 2. The lowest BCUT2D eigenvalue weighted by Crippen LogP contribution is -2.36. The Morgan fingerprint density at radius 2 is 2.24 bits per heavy atom. The highest BCUT2D eigenvalue weighted by atomic mass is 16.6. The Morgan fingerprint density at radius 3 is 2.76 bits per heavy atom. The van der Waals surface area contributed by atoms with Crippen LogP contribution in [0.3, 0.4) is 0 Å². The minimum absolute atomic E-state index is 0.0101. The third-order valence-electron chi connectivity index (χ3n) is 2.33. The van der Waals surface area contributed by atoms with Crippen LogP contribution in [-0.2, 0) is 0 Å². The standard InChI is InChI=1S/C10H14N4O3/c1-7(2)13(3)10(15)12-8-4-5-11-6-9(8)14(16)17/h4-7H,1-3H3,(H,11,12,15). The number of nitro groups is 1. The number of carbonyl (C=O) groups excluding carboxylic acids is 1. The average Bonchev–Trinajstić information content (AvgIpc) is 2.28. The molecule has 0 aliphatic rings. The fourth-order valence-electron chi connectivity index (χ4n) is 1.08. The Balaban J connectivity index is 2.89. The van der Waals surface area contributed by atoms with Crippen LogP contribution in [-0.4, -0.2) is 33.9 Å². The van der Waals surface area contributed by atoms with Crippen LogP contribution in [0, 0.1) is 10.1 Å². The van der Waals surface area contributed by atoms with Crippen molar-refractivity contribution in [1.29, 1.82) is 0 Å². The minimum atomic E-state index is -0.585. The monoisotopic (exact) mass is 238 g/mol. The van der Waals surface area contributed by atoms with Gasteiger partial charge in [0.2, 0.25) is 0 Å². The Hall–Kier alpha value is -2.18. The first kappa shape index (κ1) is 12.9. The van der Waals surface area contributed by atoms with E-state index in [9.17, 15) is 14.9 Å². The maximum atomic E-state index is 11.7. The van der Waals surface area contributed by atoms with Gasteiger partial charge in [-0.15, -0.1) is 0 Å². The first-order valence-corrected chi connectivity index (χ1v) is 5.05. The lowest BCUT2D eigenvalue weighted by Gasteiger charge is -2.21. The molecule has 0 saturated heterocycles. The molecule has 1 aromatic heterocycles. The zero-order valence-electron chi connectivity index (χ0n) is 9.88. The molecule has 0 aliphatic carbocycles. The van der Waals surface area contributed by atoms with Crippen molar-refractivity contribution in [2.45, 2.75) is 19.9 Å². The predicted molar refractivity (Wildman–Crippen MR) is 62.8 cm³/mol. The predicted octanol–water partition coefficient (Wildman–Crippen LogP) is 1.86. The van der Waals surface area contributed by atoms with E-state index in [0.717, 1.165) is 6.20 Å². The van der Waals surface area contributed by atoms with Crippen LogP contribution in [0.4, 0.5) is 16.2 Å². The van der Waals surface area contributed by atoms with Crippen LogP contribution in [0.2, 0.25) is 0 Å². The molecule has 0 bridgehead atoms. The van der Waals surface area contributed by atoms with Crippen molar-refractivity contribution in [3.8, 4) is 0 Å². The Kier molecular flexibility index (Phi) is 3.97. The highest BCUT2D eigenvalue weighted by Crippen LogP contribution is 2.22. The second kappa shape index (κ2) is 5.24. The highest BCUT2D eigenvalue weighted by Gasteiger charge is 2.18. The second-order valence-electron chi connectivity index (χ2n) is 3.78. The summed E-state index contributed by atoms with van der Waals surface area (Å²) >= 11 is 0. The Labute approximate surface area is 98.6 Å². The van der Waals surface area contributed by atoms with Gasteiger partial charge in [-0.2, -0.15) is 0 Å². The number of anilines is 1. The molecule has 2 amide bonds. The highest BCUT2D eigenvalue weighted by molar-refractivity contribution is 5.91. The van der Waals surface area contributed by atoms with E-state index < -0.39 is 11.0 Å². The van der Waals surface area contributed by atoms with Gasteiger partial charge in [0.1, 0.15) is 11.9 Å². The summed E-state index contributed by atoms with van der Waals surface area (Å²) in [6.45, 7) is 3.70. The molecule has 0 spiro atoms. The summed E-state index contributed by atoms with van der Waals surface area (Å²) in [4.78, 5) is 26.9. The molecule has 0 saturated carbocycles. The zero-order chi connectivity index (χ0) is 13.0. The van der Waals surface area contributed by atoms with Crippen molar-refractivity contribution in [2.75, 3.05) is 12.4 Å². The number of hydrogen-bond donors (Lipinski definition) is 1. The van der Waals surface area contributed by atoms with E-state index in [0.29, 0.717) is 0 Å². The number of urea groups is 1. The van der Waals surface area contributed by atoms with Gasteiger partial charge in [0.05, 0.1) is 4.92 Å². The molecule has 0 radical (unpaired) electrons. The molecule has 0 unspecified atom stereocenters. The SMILES string of the molecule is CC(C)N(C)C(=O)Nc1ccncc1[N+](=O)[O-]. The molecule has 0 fully saturated rings. The van der Waals surface area contributed by atoms with Gasteiger partial charge in [-0.25, -0.2) is 4.79 Å². The molecule has 0 aliphatic heterocycles. The lowest BCUT2D eigenvalue weighted by molar-refractivity contribution is -0.384. The molecule has 1 N–H and O–H groups in total. The molecule has 0 atom stereocenters. The van der Waals surface area contributed by atoms with Crippen LogP contribution in [0.15, 0.2) is 18.5 Å². The van der Waals surface area contributed by atoms with E-state index in [-0.39, 0.29) is 17.4 Å². The minimum Gasteiger partial charge on any atom is -0.325 e. The van der Waals surface area contributed by atoms with Crippen LogP contribution in [0.5, 0.6) is 0 Å². The fraction of sp³-hybridized carbons (Fsp3) is 0.400. The van der Waals surface area contributed by atoms with Gasteiger partial charge in [0, 0.05) is 19.3 Å². The number of aromatic nitrogens is 1. The van der Waals surface area contributed by atoms with E-state index >= 15 is 0 Å². The zero-order valence-corrected chi connectivity index (χ0v) is 9.88.